The molecule has 0 heterocycles. The number of carbonyl (C=O) groups excluding carboxylic acids is 2. The van der Waals surface area contributed by atoms with Gasteiger partial charge in [-0.1, -0.05) is 13.8 Å². The molecule has 64 valence electrons. The van der Waals surface area contributed by atoms with Crippen LogP contribution in [0.5, 0.6) is 0 Å². The van der Waals surface area contributed by atoms with Crippen molar-refractivity contribution >= 4 is 11.7 Å². The summed E-state index contributed by atoms with van der Waals surface area (Å²) >= 11 is 0. The molecule has 0 aliphatic carbocycles. The Morgan fingerprint density at radius 1 is 1.27 bits per heavy atom. The van der Waals surface area contributed by atoms with Gasteiger partial charge < -0.3 is 5.32 Å². The van der Waals surface area contributed by atoms with E-state index < -0.39 is 11.7 Å². The highest BCUT2D eigenvalue weighted by atomic mass is 16.2. The zero-order chi connectivity index (χ0) is 8.85. The van der Waals surface area contributed by atoms with E-state index in [1.807, 2.05) is 13.8 Å². The Labute approximate surface area is 67.2 Å². The van der Waals surface area contributed by atoms with Crippen molar-refractivity contribution in [1.29, 1.82) is 0 Å². The molecule has 3 heteroatoms. The zero-order valence-corrected chi connectivity index (χ0v) is 7.31. The first-order valence-corrected chi connectivity index (χ1v) is 3.93. The lowest BCUT2D eigenvalue weighted by Crippen LogP contribution is -2.37. The second-order valence-electron chi connectivity index (χ2n) is 2.54. The normalized spacial score (nSPS) is 9.82. The molecule has 1 N–H and O–H groups in total. The zero-order valence-electron chi connectivity index (χ0n) is 7.31. The van der Waals surface area contributed by atoms with Crippen LogP contribution in [0.25, 0.3) is 0 Å². The standard InChI is InChI=1S/C8H15NO2/c1-4-7(5-2)9-8(11)6(3)10/h7H,4-5H2,1-3H3,(H,9,11). The average molecular weight is 157 g/mol. The molecule has 3 nitrogen and oxygen atoms in total. The lowest BCUT2D eigenvalue weighted by molar-refractivity contribution is -0.137. The Balaban J connectivity index is 3.81. The van der Waals surface area contributed by atoms with E-state index in [0.29, 0.717) is 0 Å². The van der Waals surface area contributed by atoms with E-state index >= 15 is 0 Å². The van der Waals surface area contributed by atoms with Gasteiger partial charge in [-0.3, -0.25) is 9.59 Å². The molecule has 1 amide bonds. The maximum atomic E-state index is 10.8. The first kappa shape index (κ1) is 10.1. The number of nitrogens with one attached hydrogen (secondary N) is 1. The molecule has 0 saturated heterocycles. The summed E-state index contributed by atoms with van der Waals surface area (Å²) in [5, 5.41) is 2.63. The minimum atomic E-state index is -0.473. The van der Waals surface area contributed by atoms with Crippen LogP contribution >= 0.6 is 0 Å². The quantitative estimate of drug-likeness (QED) is 0.616. The van der Waals surface area contributed by atoms with Gasteiger partial charge in [-0.05, 0) is 12.8 Å². The molecule has 0 aromatic heterocycles. The molecule has 0 aromatic rings. The Morgan fingerprint density at radius 3 is 2.00 bits per heavy atom. The number of rotatable bonds is 4. The Morgan fingerprint density at radius 2 is 1.73 bits per heavy atom. The third kappa shape index (κ3) is 3.75. The molecule has 0 fully saturated rings. The van der Waals surface area contributed by atoms with Crippen molar-refractivity contribution in [2.45, 2.75) is 39.7 Å². The first-order chi connectivity index (χ1) is 5.11. The van der Waals surface area contributed by atoms with Crippen molar-refractivity contribution in [3.8, 4) is 0 Å². The summed E-state index contributed by atoms with van der Waals surface area (Å²) in [6.45, 7) is 5.24. The summed E-state index contributed by atoms with van der Waals surface area (Å²) < 4.78 is 0. The molecule has 0 unspecified atom stereocenters. The van der Waals surface area contributed by atoms with Crippen LogP contribution in [-0.4, -0.2) is 17.7 Å². The SMILES string of the molecule is CCC(CC)NC(=O)C(C)=O. The van der Waals surface area contributed by atoms with Crippen molar-refractivity contribution in [2.75, 3.05) is 0 Å². The molecule has 11 heavy (non-hydrogen) atoms. The van der Waals surface area contributed by atoms with Gasteiger partial charge in [0.1, 0.15) is 0 Å². The number of amides is 1. The maximum Gasteiger partial charge on any atom is 0.287 e. The minimum Gasteiger partial charge on any atom is -0.347 e. The largest absolute Gasteiger partial charge is 0.347 e. The highest BCUT2D eigenvalue weighted by molar-refractivity contribution is 6.35. The maximum absolute atomic E-state index is 10.8. The summed E-state index contributed by atoms with van der Waals surface area (Å²) in [6, 6.07) is 0.145. The third-order valence-corrected chi connectivity index (χ3v) is 1.64. The van der Waals surface area contributed by atoms with Crippen LogP contribution in [0.2, 0.25) is 0 Å². The summed E-state index contributed by atoms with van der Waals surface area (Å²) in [5.41, 5.74) is 0. The van der Waals surface area contributed by atoms with Crippen molar-refractivity contribution in [3.05, 3.63) is 0 Å². The molecule has 0 aromatic carbocycles. The predicted octanol–water partition coefficient (Wildman–Crippen LogP) is 0.880. The van der Waals surface area contributed by atoms with Crippen molar-refractivity contribution < 1.29 is 9.59 Å². The predicted molar refractivity (Wildman–Crippen MR) is 43.2 cm³/mol. The van der Waals surface area contributed by atoms with Crippen LogP contribution in [0.3, 0.4) is 0 Å². The minimum absolute atomic E-state index is 0.145. The van der Waals surface area contributed by atoms with Crippen LogP contribution in [0.15, 0.2) is 0 Å². The van der Waals surface area contributed by atoms with E-state index in [1.54, 1.807) is 0 Å². The van der Waals surface area contributed by atoms with E-state index in [1.165, 1.54) is 6.92 Å². The number of hydrogen-bond acceptors (Lipinski definition) is 2. The summed E-state index contributed by atoms with van der Waals surface area (Å²) in [5.74, 6) is -0.893. The van der Waals surface area contributed by atoms with E-state index in [9.17, 15) is 9.59 Å². The van der Waals surface area contributed by atoms with Crippen molar-refractivity contribution in [2.24, 2.45) is 0 Å². The molecule has 0 saturated carbocycles. The van der Waals surface area contributed by atoms with Crippen LogP contribution in [0.1, 0.15) is 33.6 Å². The molecule has 0 radical (unpaired) electrons. The van der Waals surface area contributed by atoms with Crippen molar-refractivity contribution in [3.63, 3.8) is 0 Å². The van der Waals surface area contributed by atoms with Crippen LogP contribution in [0, 0.1) is 0 Å². The Kier molecular flexibility index (Phi) is 4.50. The molecule has 0 atom stereocenters. The fourth-order valence-electron chi connectivity index (χ4n) is 0.780. The van der Waals surface area contributed by atoms with Crippen LogP contribution in [-0.2, 0) is 9.59 Å². The number of Topliss-reactive ketones (excluding diaryl/α,β-unsaturated/α-hetero) is 1. The molecular formula is C8H15NO2. The lowest BCUT2D eigenvalue weighted by atomic mass is 10.1. The third-order valence-electron chi connectivity index (χ3n) is 1.64. The fourth-order valence-corrected chi connectivity index (χ4v) is 0.780. The Bertz CT molecular complexity index is 150. The van der Waals surface area contributed by atoms with E-state index in [0.717, 1.165) is 12.8 Å². The number of carbonyl (C=O) groups is 2. The number of hydrogen-bond donors (Lipinski definition) is 1. The van der Waals surface area contributed by atoms with E-state index in [-0.39, 0.29) is 6.04 Å². The average Bonchev–Trinajstić information content (AvgIpc) is 1.99. The van der Waals surface area contributed by atoms with Gasteiger partial charge in [0.25, 0.3) is 5.91 Å². The lowest BCUT2D eigenvalue weighted by Gasteiger charge is -2.12. The van der Waals surface area contributed by atoms with Gasteiger partial charge in [0.2, 0.25) is 5.78 Å². The van der Waals surface area contributed by atoms with Gasteiger partial charge >= 0.3 is 0 Å². The Hall–Kier alpha value is -0.860. The fraction of sp³-hybridized carbons (Fsp3) is 0.750. The summed E-state index contributed by atoms with van der Waals surface area (Å²) in [7, 11) is 0. The summed E-state index contributed by atoms with van der Waals surface area (Å²) in [4.78, 5) is 21.3. The van der Waals surface area contributed by atoms with Gasteiger partial charge in [-0.15, -0.1) is 0 Å². The number of ketones is 1. The highest BCUT2D eigenvalue weighted by Gasteiger charge is 2.11. The molecule has 0 spiro atoms. The molecule has 0 aliphatic rings. The van der Waals surface area contributed by atoms with Crippen LogP contribution < -0.4 is 5.32 Å². The second-order valence-corrected chi connectivity index (χ2v) is 2.54. The van der Waals surface area contributed by atoms with Crippen LogP contribution in [0.4, 0.5) is 0 Å². The smallest absolute Gasteiger partial charge is 0.287 e. The van der Waals surface area contributed by atoms with Gasteiger partial charge in [0, 0.05) is 13.0 Å². The second kappa shape index (κ2) is 4.88. The van der Waals surface area contributed by atoms with E-state index in [4.69, 9.17) is 0 Å². The summed E-state index contributed by atoms with van der Waals surface area (Å²) in [6.07, 6.45) is 1.74. The monoisotopic (exact) mass is 157 g/mol. The molecule has 0 rings (SSSR count). The van der Waals surface area contributed by atoms with Gasteiger partial charge in [0.05, 0.1) is 0 Å². The molecule has 0 aliphatic heterocycles. The van der Waals surface area contributed by atoms with Gasteiger partial charge in [-0.2, -0.15) is 0 Å². The van der Waals surface area contributed by atoms with Gasteiger partial charge in [0.15, 0.2) is 0 Å². The first-order valence-electron chi connectivity index (χ1n) is 3.93. The van der Waals surface area contributed by atoms with E-state index in [2.05, 4.69) is 5.32 Å². The highest BCUT2D eigenvalue weighted by Crippen LogP contribution is 1.95. The van der Waals surface area contributed by atoms with Crippen molar-refractivity contribution in [1.82, 2.24) is 5.32 Å². The molecular weight excluding hydrogens is 142 g/mol. The van der Waals surface area contributed by atoms with Gasteiger partial charge in [-0.25, -0.2) is 0 Å². The molecule has 0 bridgehead atoms. The topological polar surface area (TPSA) is 46.2 Å².